The van der Waals surface area contributed by atoms with Gasteiger partial charge >= 0.3 is 0 Å². The van der Waals surface area contributed by atoms with E-state index in [1.165, 1.54) is 18.0 Å². The average Bonchev–Trinajstić information content (AvgIpc) is 3.10. The van der Waals surface area contributed by atoms with Crippen LogP contribution < -0.4 is 10.1 Å². The van der Waals surface area contributed by atoms with Crippen molar-refractivity contribution in [2.24, 2.45) is 0 Å². The van der Waals surface area contributed by atoms with Crippen molar-refractivity contribution in [2.75, 3.05) is 18.2 Å². The molecule has 0 radical (unpaired) electrons. The molecule has 3 rings (SSSR count). The number of nitrogens with zero attached hydrogens (tertiary/aromatic N) is 3. The molecule has 0 aliphatic heterocycles. The number of thioether (sulfide) groups is 1. The normalized spacial score (nSPS) is 10.2. The second-order valence-electron chi connectivity index (χ2n) is 5.28. The van der Waals surface area contributed by atoms with Crippen LogP contribution in [0.3, 0.4) is 0 Å². The van der Waals surface area contributed by atoms with Gasteiger partial charge in [-0.1, -0.05) is 18.2 Å². The number of nitrogens with one attached hydrogen (secondary N) is 1. The first-order valence-corrected chi connectivity index (χ1v) is 8.80. The van der Waals surface area contributed by atoms with Crippen LogP contribution in [0.2, 0.25) is 0 Å². The van der Waals surface area contributed by atoms with Gasteiger partial charge in [-0.3, -0.25) is 4.79 Å². The van der Waals surface area contributed by atoms with E-state index in [0.717, 1.165) is 16.3 Å². The van der Waals surface area contributed by atoms with E-state index in [0.29, 0.717) is 11.4 Å². The van der Waals surface area contributed by atoms with Crippen LogP contribution in [0.4, 0.5) is 5.82 Å². The molecule has 7 heteroatoms. The summed E-state index contributed by atoms with van der Waals surface area (Å²) >= 11 is 1.40. The molecule has 0 fully saturated rings. The van der Waals surface area contributed by atoms with Gasteiger partial charge in [-0.15, -0.1) is 11.8 Å². The average molecular weight is 364 g/mol. The van der Waals surface area contributed by atoms with Crippen LogP contribution in [0.5, 0.6) is 5.75 Å². The number of nitriles is 1. The lowest BCUT2D eigenvalue weighted by atomic mass is 10.3. The lowest BCUT2D eigenvalue weighted by Crippen LogP contribution is -2.17. The second kappa shape index (κ2) is 8.23. The number of rotatable bonds is 6. The maximum Gasteiger partial charge on any atom is 0.235 e. The van der Waals surface area contributed by atoms with E-state index in [1.807, 2.05) is 54.6 Å². The van der Waals surface area contributed by atoms with Crippen molar-refractivity contribution in [3.63, 3.8) is 0 Å². The Kier molecular flexibility index (Phi) is 5.56. The Hall–Kier alpha value is -3.24. The Balaban J connectivity index is 1.71. The van der Waals surface area contributed by atoms with Gasteiger partial charge in [0.15, 0.2) is 5.82 Å². The summed E-state index contributed by atoms with van der Waals surface area (Å²) in [5.74, 6) is 1.15. The number of hydrogen-bond acceptors (Lipinski definition) is 5. The highest BCUT2D eigenvalue weighted by molar-refractivity contribution is 8.00. The van der Waals surface area contributed by atoms with Gasteiger partial charge < -0.3 is 10.1 Å². The SMILES string of the molecule is COc1ccc(SCC(=O)Nc2c(C#N)cnn2-c2ccccc2)cc1. The number of anilines is 1. The molecule has 0 saturated heterocycles. The minimum Gasteiger partial charge on any atom is -0.497 e. The molecule has 0 atom stereocenters. The third-order valence-electron chi connectivity index (χ3n) is 3.58. The van der Waals surface area contributed by atoms with E-state index < -0.39 is 0 Å². The van der Waals surface area contributed by atoms with Gasteiger partial charge in [0.25, 0.3) is 0 Å². The summed E-state index contributed by atoms with van der Waals surface area (Å²) in [6.07, 6.45) is 1.44. The second-order valence-corrected chi connectivity index (χ2v) is 6.33. The van der Waals surface area contributed by atoms with E-state index in [-0.39, 0.29) is 11.7 Å². The number of carbonyl (C=O) groups excluding carboxylic acids is 1. The quantitative estimate of drug-likeness (QED) is 0.677. The summed E-state index contributed by atoms with van der Waals surface area (Å²) in [4.78, 5) is 13.3. The molecule has 0 aliphatic carbocycles. The van der Waals surface area contributed by atoms with Gasteiger partial charge in [-0.2, -0.15) is 10.4 Å². The topological polar surface area (TPSA) is 79.9 Å². The Morgan fingerprint density at radius 3 is 2.62 bits per heavy atom. The maximum absolute atomic E-state index is 12.4. The number of methoxy groups -OCH3 is 1. The fourth-order valence-electron chi connectivity index (χ4n) is 2.30. The number of ether oxygens (including phenoxy) is 1. The third kappa shape index (κ3) is 4.05. The van der Waals surface area contributed by atoms with Gasteiger partial charge in [-0.25, -0.2) is 4.68 Å². The van der Waals surface area contributed by atoms with Crippen molar-refractivity contribution in [1.82, 2.24) is 9.78 Å². The van der Waals surface area contributed by atoms with Crippen LogP contribution in [0.25, 0.3) is 5.69 Å². The third-order valence-corrected chi connectivity index (χ3v) is 4.59. The molecular weight excluding hydrogens is 348 g/mol. The largest absolute Gasteiger partial charge is 0.497 e. The molecule has 1 N–H and O–H groups in total. The summed E-state index contributed by atoms with van der Waals surface area (Å²) < 4.78 is 6.67. The zero-order valence-corrected chi connectivity index (χ0v) is 14.9. The highest BCUT2D eigenvalue weighted by Crippen LogP contribution is 2.23. The van der Waals surface area contributed by atoms with Crippen LogP contribution in [-0.2, 0) is 4.79 Å². The molecule has 3 aromatic rings. The molecule has 6 nitrogen and oxygen atoms in total. The maximum atomic E-state index is 12.4. The summed E-state index contributed by atoms with van der Waals surface area (Å²) in [6.45, 7) is 0. The Morgan fingerprint density at radius 1 is 1.23 bits per heavy atom. The van der Waals surface area contributed by atoms with Crippen molar-refractivity contribution < 1.29 is 9.53 Å². The lowest BCUT2D eigenvalue weighted by molar-refractivity contribution is -0.113. The summed E-state index contributed by atoms with van der Waals surface area (Å²) in [7, 11) is 1.61. The number of para-hydroxylation sites is 1. The number of hydrogen-bond donors (Lipinski definition) is 1. The van der Waals surface area contributed by atoms with Crippen molar-refractivity contribution in [3.8, 4) is 17.5 Å². The molecule has 0 bridgehead atoms. The zero-order chi connectivity index (χ0) is 18.4. The fraction of sp³-hybridized carbons (Fsp3) is 0.105. The summed E-state index contributed by atoms with van der Waals surface area (Å²) in [5.41, 5.74) is 1.09. The molecule has 26 heavy (non-hydrogen) atoms. The number of aromatic nitrogens is 2. The van der Waals surface area contributed by atoms with E-state index in [4.69, 9.17) is 4.74 Å². The first-order chi connectivity index (χ1) is 12.7. The van der Waals surface area contributed by atoms with Crippen molar-refractivity contribution >= 4 is 23.5 Å². The van der Waals surface area contributed by atoms with Gasteiger partial charge in [0.1, 0.15) is 17.4 Å². The molecule has 1 amide bonds. The first kappa shape index (κ1) is 17.6. The van der Waals surface area contributed by atoms with Gasteiger partial charge in [-0.05, 0) is 36.4 Å². The molecule has 0 aliphatic rings. The molecule has 0 saturated carbocycles. The predicted molar refractivity (Wildman–Crippen MR) is 101 cm³/mol. The van der Waals surface area contributed by atoms with E-state index >= 15 is 0 Å². The van der Waals surface area contributed by atoms with Crippen molar-refractivity contribution in [1.29, 1.82) is 5.26 Å². The number of amides is 1. The smallest absolute Gasteiger partial charge is 0.235 e. The molecule has 1 aromatic heterocycles. The van der Waals surface area contributed by atoms with Gasteiger partial charge in [0, 0.05) is 4.90 Å². The summed E-state index contributed by atoms with van der Waals surface area (Å²) in [6, 6.07) is 18.9. The Morgan fingerprint density at radius 2 is 1.96 bits per heavy atom. The molecule has 1 heterocycles. The first-order valence-electron chi connectivity index (χ1n) is 7.81. The van der Waals surface area contributed by atoms with Crippen LogP contribution >= 0.6 is 11.8 Å². The molecule has 0 spiro atoms. The van der Waals surface area contributed by atoms with Crippen molar-refractivity contribution in [2.45, 2.75) is 4.90 Å². The Bertz CT molecular complexity index is 930. The van der Waals surface area contributed by atoms with Gasteiger partial charge in [0.05, 0.1) is 24.7 Å². The highest BCUT2D eigenvalue weighted by Gasteiger charge is 2.15. The van der Waals surface area contributed by atoms with Crippen LogP contribution in [-0.4, -0.2) is 28.6 Å². The van der Waals surface area contributed by atoms with Crippen LogP contribution in [0, 0.1) is 11.3 Å². The number of carbonyl (C=O) groups is 1. The lowest BCUT2D eigenvalue weighted by Gasteiger charge is -2.09. The van der Waals surface area contributed by atoms with Crippen LogP contribution in [0.1, 0.15) is 5.56 Å². The van der Waals surface area contributed by atoms with E-state index in [1.54, 1.807) is 11.8 Å². The zero-order valence-electron chi connectivity index (χ0n) is 14.0. The monoisotopic (exact) mass is 364 g/mol. The fourth-order valence-corrected chi connectivity index (χ4v) is 3.00. The highest BCUT2D eigenvalue weighted by atomic mass is 32.2. The minimum absolute atomic E-state index is 0.208. The standard InChI is InChI=1S/C19H16N4O2S/c1-25-16-7-9-17(10-8-16)26-13-18(24)22-19-14(11-20)12-21-23(19)15-5-3-2-4-6-15/h2-10,12H,13H2,1H3,(H,22,24). The van der Waals surface area contributed by atoms with E-state index in [2.05, 4.69) is 16.5 Å². The molecule has 2 aromatic carbocycles. The minimum atomic E-state index is -0.208. The summed E-state index contributed by atoms with van der Waals surface area (Å²) in [5, 5.41) is 16.3. The predicted octanol–water partition coefficient (Wildman–Crippen LogP) is 3.48. The Labute approximate surface area is 155 Å². The van der Waals surface area contributed by atoms with Gasteiger partial charge in [0.2, 0.25) is 5.91 Å². The molecule has 0 unspecified atom stereocenters. The number of benzene rings is 2. The van der Waals surface area contributed by atoms with E-state index in [9.17, 15) is 10.1 Å². The molecule has 130 valence electrons. The van der Waals surface area contributed by atoms with Crippen molar-refractivity contribution in [3.05, 3.63) is 66.4 Å². The van der Waals surface area contributed by atoms with Crippen LogP contribution in [0.15, 0.2) is 65.7 Å². The molecular formula is C19H16N4O2S.